The number of hydrogen-bond acceptors (Lipinski definition) is 2. The second-order valence-electron chi connectivity index (χ2n) is 2.61. The molecule has 0 atom stereocenters. The molecule has 0 bridgehead atoms. The fourth-order valence-electron chi connectivity index (χ4n) is 0.969. The lowest BCUT2D eigenvalue weighted by Gasteiger charge is -2.20. The van der Waals surface area contributed by atoms with Gasteiger partial charge in [-0.2, -0.15) is 13.2 Å². The van der Waals surface area contributed by atoms with E-state index in [1.807, 2.05) is 0 Å². The second-order valence-corrected chi connectivity index (χ2v) is 2.61. The van der Waals surface area contributed by atoms with Gasteiger partial charge >= 0.3 is 12.3 Å². The average molecular weight is 207 g/mol. The van der Waals surface area contributed by atoms with Crippen LogP contribution in [-0.2, 0) is 4.74 Å². The number of hydrogen-bond donors (Lipinski definition) is 0. The van der Waals surface area contributed by atoms with E-state index in [4.69, 9.17) is 0 Å². The van der Waals surface area contributed by atoms with Crippen molar-refractivity contribution in [3.63, 3.8) is 0 Å². The highest BCUT2D eigenvalue weighted by molar-refractivity contribution is 5.69. The van der Waals surface area contributed by atoms with Crippen LogP contribution in [0, 0.1) is 0 Å². The standard InChI is InChI=1S/C8H8F3NO2/c1-14-7(13)12-4-2-3-6(5-12)8(9,10)11/h2-3,5H,4H2,1H3. The first-order valence-corrected chi connectivity index (χ1v) is 3.75. The van der Waals surface area contributed by atoms with Gasteiger partial charge in [-0.25, -0.2) is 4.79 Å². The molecule has 0 fully saturated rings. The Morgan fingerprint density at radius 2 is 2.21 bits per heavy atom. The van der Waals surface area contributed by atoms with Gasteiger partial charge in [0, 0.05) is 12.7 Å². The molecule has 1 amide bonds. The SMILES string of the molecule is COC(=O)N1C=C(C(F)(F)F)C=CC1. The predicted molar refractivity (Wildman–Crippen MR) is 42.4 cm³/mol. The van der Waals surface area contributed by atoms with Gasteiger partial charge in [-0.15, -0.1) is 0 Å². The van der Waals surface area contributed by atoms with Crippen LogP contribution >= 0.6 is 0 Å². The lowest BCUT2D eigenvalue weighted by Crippen LogP contribution is -2.29. The maximum Gasteiger partial charge on any atom is 0.417 e. The fourth-order valence-corrected chi connectivity index (χ4v) is 0.969. The van der Waals surface area contributed by atoms with Crippen LogP contribution in [0.2, 0.25) is 0 Å². The largest absolute Gasteiger partial charge is 0.452 e. The number of nitrogens with zero attached hydrogens (tertiary/aromatic N) is 1. The molecule has 78 valence electrons. The molecule has 0 N–H and O–H groups in total. The second kappa shape index (κ2) is 3.73. The summed E-state index contributed by atoms with van der Waals surface area (Å²) in [6.07, 6.45) is -2.34. The molecule has 0 unspecified atom stereocenters. The highest BCUT2D eigenvalue weighted by Crippen LogP contribution is 2.28. The number of alkyl halides is 3. The van der Waals surface area contributed by atoms with Crippen LogP contribution in [0.5, 0.6) is 0 Å². The van der Waals surface area contributed by atoms with Crippen LogP contribution in [0.15, 0.2) is 23.9 Å². The molecular weight excluding hydrogens is 199 g/mol. The zero-order valence-corrected chi connectivity index (χ0v) is 7.34. The zero-order chi connectivity index (χ0) is 10.8. The van der Waals surface area contributed by atoms with Crippen molar-refractivity contribution in [1.29, 1.82) is 0 Å². The van der Waals surface area contributed by atoms with Gasteiger partial charge < -0.3 is 4.74 Å². The maximum absolute atomic E-state index is 12.2. The molecule has 0 aliphatic carbocycles. The van der Waals surface area contributed by atoms with E-state index in [1.165, 1.54) is 6.08 Å². The molecule has 3 nitrogen and oxygen atoms in total. The van der Waals surface area contributed by atoms with Crippen LogP contribution < -0.4 is 0 Å². The highest BCUT2D eigenvalue weighted by Gasteiger charge is 2.34. The van der Waals surface area contributed by atoms with E-state index in [2.05, 4.69) is 4.74 Å². The summed E-state index contributed by atoms with van der Waals surface area (Å²) in [6.45, 7) is 0.0895. The van der Waals surface area contributed by atoms with Crippen LogP contribution in [-0.4, -0.2) is 30.8 Å². The summed E-state index contributed by atoms with van der Waals surface area (Å²) < 4.78 is 40.8. The molecule has 1 heterocycles. The van der Waals surface area contributed by atoms with Gasteiger partial charge in [-0.3, -0.25) is 4.90 Å². The zero-order valence-electron chi connectivity index (χ0n) is 7.34. The third-order valence-electron chi connectivity index (χ3n) is 1.63. The summed E-state index contributed by atoms with van der Waals surface area (Å²) in [5.41, 5.74) is -0.867. The summed E-state index contributed by atoms with van der Waals surface area (Å²) in [5.74, 6) is 0. The minimum Gasteiger partial charge on any atom is -0.452 e. The smallest absolute Gasteiger partial charge is 0.417 e. The van der Waals surface area contributed by atoms with Crippen molar-refractivity contribution in [2.24, 2.45) is 0 Å². The highest BCUT2D eigenvalue weighted by atomic mass is 19.4. The Hall–Kier alpha value is -1.46. The average Bonchev–Trinajstić information content (AvgIpc) is 2.15. The van der Waals surface area contributed by atoms with Crippen molar-refractivity contribution >= 4 is 6.09 Å². The van der Waals surface area contributed by atoms with E-state index in [0.29, 0.717) is 0 Å². The number of halogens is 3. The molecule has 0 aromatic heterocycles. The summed E-state index contributed by atoms with van der Waals surface area (Å²) >= 11 is 0. The minimum atomic E-state index is -4.44. The number of ether oxygens (including phenoxy) is 1. The summed E-state index contributed by atoms with van der Waals surface area (Å²) in [7, 11) is 1.11. The van der Waals surface area contributed by atoms with E-state index in [-0.39, 0.29) is 6.54 Å². The van der Waals surface area contributed by atoms with Crippen molar-refractivity contribution in [1.82, 2.24) is 4.90 Å². The number of amides is 1. The monoisotopic (exact) mass is 207 g/mol. The summed E-state index contributed by atoms with van der Waals surface area (Å²) in [5, 5.41) is 0. The molecule has 1 rings (SSSR count). The topological polar surface area (TPSA) is 29.5 Å². The number of allylic oxidation sites excluding steroid dienone is 2. The molecule has 0 radical (unpaired) electrons. The molecular formula is C8H8F3NO2. The number of methoxy groups -OCH3 is 1. The van der Waals surface area contributed by atoms with E-state index in [1.54, 1.807) is 0 Å². The van der Waals surface area contributed by atoms with Crippen LogP contribution in [0.25, 0.3) is 0 Å². The molecule has 1 aliphatic heterocycles. The molecule has 0 aromatic carbocycles. The Balaban J connectivity index is 2.83. The van der Waals surface area contributed by atoms with Crippen molar-refractivity contribution in [3.8, 4) is 0 Å². The minimum absolute atomic E-state index is 0.0895. The Morgan fingerprint density at radius 1 is 1.57 bits per heavy atom. The molecule has 14 heavy (non-hydrogen) atoms. The fraction of sp³-hybridized carbons (Fsp3) is 0.375. The van der Waals surface area contributed by atoms with Crippen molar-refractivity contribution in [3.05, 3.63) is 23.9 Å². The van der Waals surface area contributed by atoms with Crippen molar-refractivity contribution in [2.45, 2.75) is 6.18 Å². The van der Waals surface area contributed by atoms with Gasteiger partial charge in [0.05, 0.1) is 12.7 Å². The first kappa shape index (κ1) is 10.6. The predicted octanol–water partition coefficient (Wildman–Crippen LogP) is 2.07. The molecule has 0 saturated heterocycles. The molecule has 6 heteroatoms. The molecule has 0 spiro atoms. The normalized spacial score (nSPS) is 16.6. The van der Waals surface area contributed by atoms with Gasteiger partial charge in [0.2, 0.25) is 0 Å². The first-order valence-electron chi connectivity index (χ1n) is 3.75. The van der Waals surface area contributed by atoms with E-state index < -0.39 is 17.8 Å². The van der Waals surface area contributed by atoms with Crippen LogP contribution in [0.3, 0.4) is 0 Å². The van der Waals surface area contributed by atoms with Gasteiger partial charge in [-0.05, 0) is 0 Å². The molecule has 0 saturated carbocycles. The first-order chi connectivity index (χ1) is 6.45. The summed E-state index contributed by atoms with van der Waals surface area (Å²) in [6, 6.07) is 0. The van der Waals surface area contributed by atoms with Crippen molar-refractivity contribution in [2.75, 3.05) is 13.7 Å². The third kappa shape index (κ3) is 2.27. The lowest BCUT2D eigenvalue weighted by molar-refractivity contribution is -0.0893. The van der Waals surface area contributed by atoms with E-state index in [0.717, 1.165) is 24.3 Å². The maximum atomic E-state index is 12.2. The Kier molecular flexibility index (Phi) is 2.83. The molecule has 1 aliphatic rings. The van der Waals surface area contributed by atoms with Crippen LogP contribution in [0.1, 0.15) is 0 Å². The van der Waals surface area contributed by atoms with Gasteiger partial charge in [0.1, 0.15) is 0 Å². The van der Waals surface area contributed by atoms with Gasteiger partial charge in [-0.1, -0.05) is 12.2 Å². The van der Waals surface area contributed by atoms with E-state index in [9.17, 15) is 18.0 Å². The third-order valence-corrected chi connectivity index (χ3v) is 1.63. The van der Waals surface area contributed by atoms with E-state index >= 15 is 0 Å². The number of rotatable bonds is 0. The summed E-state index contributed by atoms with van der Waals surface area (Å²) in [4.78, 5) is 11.7. The Morgan fingerprint density at radius 3 is 2.71 bits per heavy atom. The van der Waals surface area contributed by atoms with Gasteiger partial charge in [0.25, 0.3) is 0 Å². The van der Waals surface area contributed by atoms with Gasteiger partial charge in [0.15, 0.2) is 0 Å². The molecule has 0 aromatic rings. The van der Waals surface area contributed by atoms with Crippen molar-refractivity contribution < 1.29 is 22.7 Å². The Labute approximate surface area is 78.4 Å². The quantitative estimate of drug-likeness (QED) is 0.608. The number of carbonyl (C=O) groups is 1. The lowest BCUT2D eigenvalue weighted by atomic mass is 10.2. The van der Waals surface area contributed by atoms with Crippen LogP contribution in [0.4, 0.5) is 18.0 Å². The number of carbonyl (C=O) groups excluding carboxylic acids is 1. The Bertz CT molecular complexity index is 293.